The molecule has 18 heavy (non-hydrogen) atoms. The smallest absolute Gasteiger partial charge is 0.0343 e. The summed E-state index contributed by atoms with van der Waals surface area (Å²) in [7, 11) is 0. The Balaban J connectivity index is 1.74. The lowest BCUT2D eigenvalue weighted by molar-refractivity contribution is 0.352. The molecule has 100 valence electrons. The summed E-state index contributed by atoms with van der Waals surface area (Å²) < 4.78 is 0. The van der Waals surface area contributed by atoms with Crippen molar-refractivity contribution in [3.63, 3.8) is 0 Å². The molecule has 0 aromatic heterocycles. The predicted octanol–water partition coefficient (Wildman–Crippen LogP) is 3.37. The number of benzene rings is 1. The number of nitrogens with one attached hydrogen (secondary N) is 1. The minimum Gasteiger partial charge on any atom is -0.384 e. The van der Waals surface area contributed by atoms with Gasteiger partial charge in [0.1, 0.15) is 0 Å². The number of anilines is 1. The highest BCUT2D eigenvalue weighted by Crippen LogP contribution is 2.13. The molecule has 0 spiro atoms. The summed E-state index contributed by atoms with van der Waals surface area (Å²) in [6.07, 6.45) is 4.87. The number of aryl methyl sites for hydroxylation is 1. The molecule has 0 unspecified atom stereocenters. The van der Waals surface area contributed by atoms with Crippen LogP contribution in [0.1, 0.15) is 24.8 Å². The summed E-state index contributed by atoms with van der Waals surface area (Å²) in [5.74, 6) is 0.743. The van der Waals surface area contributed by atoms with Crippen LogP contribution in [0.15, 0.2) is 24.3 Å². The van der Waals surface area contributed by atoms with Gasteiger partial charge in [0.15, 0.2) is 0 Å². The topological polar surface area (TPSA) is 15.3 Å². The van der Waals surface area contributed by atoms with E-state index < -0.39 is 0 Å². The standard InChI is InChI=1S/C15H23ClN2/c16-8-4-6-14-5-3-7-15(13-14)17-9-12-18-10-1-2-11-18/h3,5,7,13,17H,1-2,4,6,8-12H2. The van der Waals surface area contributed by atoms with E-state index in [0.29, 0.717) is 0 Å². The average molecular weight is 267 g/mol. The Bertz CT molecular complexity index is 348. The summed E-state index contributed by atoms with van der Waals surface area (Å²) in [5, 5.41) is 3.51. The normalized spacial score (nSPS) is 16.1. The monoisotopic (exact) mass is 266 g/mol. The van der Waals surface area contributed by atoms with Gasteiger partial charge in [0, 0.05) is 24.7 Å². The number of hydrogen-bond donors (Lipinski definition) is 1. The Hall–Kier alpha value is -0.730. The van der Waals surface area contributed by atoms with Gasteiger partial charge in [-0.15, -0.1) is 11.6 Å². The van der Waals surface area contributed by atoms with Crippen molar-refractivity contribution in [3.8, 4) is 0 Å². The van der Waals surface area contributed by atoms with Gasteiger partial charge < -0.3 is 10.2 Å². The second-order valence-corrected chi connectivity index (χ2v) is 5.35. The number of alkyl halides is 1. The Morgan fingerprint density at radius 3 is 2.83 bits per heavy atom. The summed E-state index contributed by atoms with van der Waals surface area (Å²) in [6.45, 7) is 4.75. The van der Waals surface area contributed by atoms with E-state index in [0.717, 1.165) is 31.8 Å². The van der Waals surface area contributed by atoms with Crippen LogP contribution in [0, 0.1) is 0 Å². The first kappa shape index (κ1) is 13.7. The number of hydrogen-bond acceptors (Lipinski definition) is 2. The Labute approximate surface area is 115 Å². The maximum Gasteiger partial charge on any atom is 0.0343 e. The van der Waals surface area contributed by atoms with Crippen LogP contribution in [0.25, 0.3) is 0 Å². The van der Waals surface area contributed by atoms with E-state index in [2.05, 4.69) is 34.5 Å². The fraction of sp³-hybridized carbons (Fsp3) is 0.600. The zero-order valence-corrected chi connectivity index (χ0v) is 11.8. The molecule has 1 aromatic rings. The number of nitrogens with zero attached hydrogens (tertiary/aromatic N) is 1. The third-order valence-corrected chi connectivity index (χ3v) is 3.75. The molecule has 0 aliphatic carbocycles. The zero-order chi connectivity index (χ0) is 12.6. The van der Waals surface area contributed by atoms with E-state index in [1.165, 1.54) is 37.2 Å². The minimum atomic E-state index is 0.743. The van der Waals surface area contributed by atoms with Crippen molar-refractivity contribution in [1.29, 1.82) is 0 Å². The molecule has 1 N–H and O–H groups in total. The van der Waals surface area contributed by atoms with Crippen LogP contribution >= 0.6 is 11.6 Å². The van der Waals surface area contributed by atoms with Crippen molar-refractivity contribution in [1.82, 2.24) is 4.90 Å². The molecule has 1 aromatic carbocycles. The lowest BCUT2D eigenvalue weighted by atomic mass is 10.1. The van der Waals surface area contributed by atoms with Crippen LogP contribution in [-0.4, -0.2) is 37.0 Å². The van der Waals surface area contributed by atoms with E-state index in [1.807, 2.05) is 0 Å². The van der Waals surface area contributed by atoms with Crippen molar-refractivity contribution in [2.24, 2.45) is 0 Å². The second kappa shape index (κ2) is 7.65. The van der Waals surface area contributed by atoms with Crippen LogP contribution in [-0.2, 0) is 6.42 Å². The van der Waals surface area contributed by atoms with Crippen molar-refractivity contribution < 1.29 is 0 Å². The van der Waals surface area contributed by atoms with Gasteiger partial charge in [-0.05, 0) is 56.5 Å². The van der Waals surface area contributed by atoms with Gasteiger partial charge in [0.05, 0.1) is 0 Å². The number of rotatable bonds is 7. The number of likely N-dealkylation sites (tertiary alicyclic amines) is 1. The largest absolute Gasteiger partial charge is 0.384 e. The first-order chi connectivity index (χ1) is 8.88. The van der Waals surface area contributed by atoms with E-state index in [1.54, 1.807) is 0 Å². The molecule has 0 amide bonds. The Morgan fingerprint density at radius 2 is 2.06 bits per heavy atom. The van der Waals surface area contributed by atoms with Crippen LogP contribution in [0.2, 0.25) is 0 Å². The Kier molecular flexibility index (Phi) is 5.82. The highest BCUT2D eigenvalue weighted by Gasteiger charge is 2.09. The lowest BCUT2D eigenvalue weighted by Gasteiger charge is -2.15. The van der Waals surface area contributed by atoms with Gasteiger partial charge in [-0.2, -0.15) is 0 Å². The second-order valence-electron chi connectivity index (χ2n) is 4.97. The molecule has 1 fully saturated rings. The first-order valence-electron chi connectivity index (χ1n) is 6.99. The van der Waals surface area contributed by atoms with Crippen LogP contribution in [0.5, 0.6) is 0 Å². The first-order valence-corrected chi connectivity index (χ1v) is 7.53. The van der Waals surface area contributed by atoms with Gasteiger partial charge in [0.25, 0.3) is 0 Å². The van der Waals surface area contributed by atoms with Gasteiger partial charge in [-0.25, -0.2) is 0 Å². The van der Waals surface area contributed by atoms with Gasteiger partial charge >= 0.3 is 0 Å². The third-order valence-electron chi connectivity index (χ3n) is 3.48. The molecule has 2 nitrogen and oxygen atoms in total. The zero-order valence-electron chi connectivity index (χ0n) is 11.0. The summed E-state index contributed by atoms with van der Waals surface area (Å²) in [5.41, 5.74) is 2.61. The molecule has 1 aliphatic rings. The van der Waals surface area contributed by atoms with Gasteiger partial charge in [-0.1, -0.05) is 12.1 Å². The van der Waals surface area contributed by atoms with Crippen LogP contribution in [0.4, 0.5) is 5.69 Å². The molecule has 0 bridgehead atoms. The SMILES string of the molecule is ClCCCc1cccc(NCCN2CCCC2)c1. The molecule has 1 aliphatic heterocycles. The molecule has 1 saturated heterocycles. The summed E-state index contributed by atoms with van der Waals surface area (Å²) in [6, 6.07) is 8.70. The molecule has 1 heterocycles. The van der Waals surface area contributed by atoms with E-state index in [4.69, 9.17) is 11.6 Å². The quantitative estimate of drug-likeness (QED) is 0.762. The fourth-order valence-corrected chi connectivity index (χ4v) is 2.61. The van der Waals surface area contributed by atoms with Gasteiger partial charge in [0.2, 0.25) is 0 Å². The molecule has 2 rings (SSSR count). The van der Waals surface area contributed by atoms with Crippen molar-refractivity contribution in [2.75, 3.05) is 37.4 Å². The lowest BCUT2D eigenvalue weighted by Crippen LogP contribution is -2.25. The minimum absolute atomic E-state index is 0.743. The van der Waals surface area contributed by atoms with Crippen LogP contribution < -0.4 is 5.32 Å². The third kappa shape index (κ3) is 4.51. The molecular weight excluding hydrogens is 244 g/mol. The Morgan fingerprint density at radius 1 is 1.22 bits per heavy atom. The maximum absolute atomic E-state index is 5.73. The molecule has 0 saturated carbocycles. The highest BCUT2D eigenvalue weighted by molar-refractivity contribution is 6.17. The van der Waals surface area contributed by atoms with Gasteiger partial charge in [-0.3, -0.25) is 0 Å². The maximum atomic E-state index is 5.73. The van der Waals surface area contributed by atoms with E-state index >= 15 is 0 Å². The number of halogens is 1. The van der Waals surface area contributed by atoms with Crippen molar-refractivity contribution in [2.45, 2.75) is 25.7 Å². The molecule has 0 radical (unpaired) electrons. The van der Waals surface area contributed by atoms with Crippen molar-refractivity contribution in [3.05, 3.63) is 29.8 Å². The fourth-order valence-electron chi connectivity index (χ4n) is 2.47. The van der Waals surface area contributed by atoms with E-state index in [9.17, 15) is 0 Å². The van der Waals surface area contributed by atoms with E-state index in [-0.39, 0.29) is 0 Å². The molecular formula is C15H23ClN2. The summed E-state index contributed by atoms with van der Waals surface area (Å²) in [4.78, 5) is 2.53. The summed E-state index contributed by atoms with van der Waals surface area (Å²) >= 11 is 5.73. The molecule has 0 atom stereocenters. The highest BCUT2D eigenvalue weighted by atomic mass is 35.5. The molecule has 3 heteroatoms. The van der Waals surface area contributed by atoms with Crippen molar-refractivity contribution >= 4 is 17.3 Å². The average Bonchev–Trinajstić information content (AvgIpc) is 2.90. The predicted molar refractivity (Wildman–Crippen MR) is 79.6 cm³/mol. The van der Waals surface area contributed by atoms with Crippen LogP contribution in [0.3, 0.4) is 0 Å².